The van der Waals surface area contributed by atoms with Gasteiger partial charge < -0.3 is 9.64 Å². The number of halogens is 1. The van der Waals surface area contributed by atoms with Crippen molar-refractivity contribution >= 4 is 32.5 Å². The van der Waals surface area contributed by atoms with Crippen molar-refractivity contribution in [1.82, 2.24) is 4.72 Å². The summed E-state index contributed by atoms with van der Waals surface area (Å²) in [5.41, 5.74) is -1.10. The van der Waals surface area contributed by atoms with Crippen LogP contribution in [0.4, 0.5) is 10.1 Å². The number of nitrogens with zero attached hydrogens (tertiary/aromatic N) is 1. The molecule has 0 aliphatic carbocycles. The standard InChI is InChI=1S/C18H23FN2O4S/c1-5-18(12-19,17(22)25-4)20-26(23,24)16-11-7-8-13-14(16)9-6-10-15(13)21(2)3/h6-11,20H,5,12H2,1-4H3. The summed E-state index contributed by atoms with van der Waals surface area (Å²) < 4.78 is 46.4. The molecule has 0 fully saturated rings. The minimum Gasteiger partial charge on any atom is -0.468 e. The average molecular weight is 382 g/mol. The number of hydrogen-bond donors (Lipinski definition) is 1. The van der Waals surface area contributed by atoms with E-state index < -0.39 is 28.2 Å². The molecule has 0 saturated carbocycles. The molecular formula is C18H23FN2O4S. The average Bonchev–Trinajstić information content (AvgIpc) is 2.64. The van der Waals surface area contributed by atoms with E-state index in [4.69, 9.17) is 0 Å². The summed E-state index contributed by atoms with van der Waals surface area (Å²) in [7, 11) is 0.635. The van der Waals surface area contributed by atoms with Crippen LogP contribution in [0.5, 0.6) is 0 Å². The van der Waals surface area contributed by atoms with Crippen LogP contribution in [0.2, 0.25) is 0 Å². The summed E-state index contributed by atoms with van der Waals surface area (Å²) in [5, 5.41) is 1.22. The first-order valence-electron chi connectivity index (χ1n) is 8.10. The second-order valence-corrected chi connectivity index (χ2v) is 7.84. The number of esters is 1. The first-order chi connectivity index (χ1) is 12.2. The van der Waals surface area contributed by atoms with Crippen LogP contribution in [0.1, 0.15) is 13.3 Å². The number of anilines is 1. The topological polar surface area (TPSA) is 75.7 Å². The van der Waals surface area contributed by atoms with E-state index in [0.29, 0.717) is 5.39 Å². The molecule has 0 spiro atoms. The fraction of sp³-hybridized carbons (Fsp3) is 0.389. The van der Waals surface area contributed by atoms with Crippen LogP contribution >= 0.6 is 0 Å². The van der Waals surface area contributed by atoms with Gasteiger partial charge in [-0.1, -0.05) is 31.2 Å². The van der Waals surface area contributed by atoms with E-state index in [0.717, 1.165) is 18.2 Å². The molecule has 0 heterocycles. The van der Waals surface area contributed by atoms with Gasteiger partial charge in [0, 0.05) is 30.6 Å². The second-order valence-electron chi connectivity index (χ2n) is 6.19. The van der Waals surface area contributed by atoms with Gasteiger partial charge in [0.05, 0.1) is 12.0 Å². The number of fused-ring (bicyclic) bond motifs is 1. The van der Waals surface area contributed by atoms with Crippen LogP contribution < -0.4 is 9.62 Å². The van der Waals surface area contributed by atoms with Crippen molar-refractivity contribution in [2.24, 2.45) is 0 Å². The first kappa shape index (κ1) is 20.1. The van der Waals surface area contributed by atoms with Gasteiger partial charge in [-0.15, -0.1) is 0 Å². The number of sulfonamides is 1. The van der Waals surface area contributed by atoms with E-state index in [1.807, 2.05) is 31.1 Å². The third-order valence-corrected chi connectivity index (χ3v) is 5.96. The van der Waals surface area contributed by atoms with E-state index in [1.54, 1.807) is 18.2 Å². The van der Waals surface area contributed by atoms with Crippen molar-refractivity contribution in [1.29, 1.82) is 0 Å². The maximum absolute atomic E-state index is 13.6. The van der Waals surface area contributed by atoms with E-state index in [-0.39, 0.29) is 11.3 Å². The Bertz CT molecular complexity index is 909. The fourth-order valence-corrected chi connectivity index (χ4v) is 4.46. The predicted octanol–water partition coefficient (Wildman–Crippen LogP) is 2.48. The fourth-order valence-electron chi connectivity index (χ4n) is 2.83. The number of methoxy groups -OCH3 is 1. The lowest BCUT2D eigenvalue weighted by Crippen LogP contribution is -2.56. The lowest BCUT2D eigenvalue weighted by Gasteiger charge is -2.28. The molecule has 26 heavy (non-hydrogen) atoms. The van der Waals surface area contributed by atoms with Crippen molar-refractivity contribution in [3.05, 3.63) is 36.4 Å². The molecule has 1 N–H and O–H groups in total. The van der Waals surface area contributed by atoms with Crippen molar-refractivity contribution in [2.75, 3.05) is 32.8 Å². The molecule has 6 nitrogen and oxygen atoms in total. The van der Waals surface area contributed by atoms with Gasteiger partial charge in [0.25, 0.3) is 0 Å². The Morgan fingerprint density at radius 2 is 1.81 bits per heavy atom. The molecule has 0 bridgehead atoms. The maximum atomic E-state index is 13.6. The molecular weight excluding hydrogens is 359 g/mol. The highest BCUT2D eigenvalue weighted by molar-refractivity contribution is 7.89. The Morgan fingerprint density at radius 3 is 2.35 bits per heavy atom. The Hall–Kier alpha value is -2.19. The number of carbonyl (C=O) groups is 1. The van der Waals surface area contributed by atoms with Crippen LogP contribution in [0.25, 0.3) is 10.8 Å². The molecule has 2 aromatic carbocycles. The van der Waals surface area contributed by atoms with Crippen molar-refractivity contribution < 1.29 is 22.3 Å². The molecule has 0 radical (unpaired) electrons. The molecule has 0 amide bonds. The highest BCUT2D eigenvalue weighted by Crippen LogP contribution is 2.31. The number of ether oxygens (including phenoxy) is 1. The van der Waals surface area contributed by atoms with E-state index in [2.05, 4.69) is 9.46 Å². The molecule has 2 aromatic rings. The minimum absolute atomic E-state index is 0.0196. The monoisotopic (exact) mass is 382 g/mol. The molecule has 1 unspecified atom stereocenters. The smallest absolute Gasteiger partial charge is 0.329 e. The van der Waals surface area contributed by atoms with Gasteiger partial charge in [-0.25, -0.2) is 17.6 Å². The molecule has 1 atom stereocenters. The van der Waals surface area contributed by atoms with Gasteiger partial charge >= 0.3 is 5.97 Å². The normalized spacial score (nSPS) is 14.0. The van der Waals surface area contributed by atoms with Crippen molar-refractivity contribution in [3.63, 3.8) is 0 Å². The summed E-state index contributed by atoms with van der Waals surface area (Å²) in [6.07, 6.45) is -0.0802. The van der Waals surface area contributed by atoms with Crippen molar-refractivity contribution in [2.45, 2.75) is 23.8 Å². The second kappa shape index (κ2) is 7.59. The summed E-state index contributed by atoms with van der Waals surface area (Å²) in [4.78, 5) is 13.9. The van der Waals surface area contributed by atoms with Gasteiger partial charge in [0.1, 0.15) is 6.67 Å². The molecule has 0 aliphatic rings. The van der Waals surface area contributed by atoms with Crippen LogP contribution in [-0.4, -0.2) is 47.8 Å². The molecule has 142 valence electrons. The van der Waals surface area contributed by atoms with Gasteiger partial charge in [-0.3, -0.25) is 0 Å². The zero-order chi connectivity index (χ0) is 19.5. The largest absolute Gasteiger partial charge is 0.468 e. The SMILES string of the molecule is CCC(CF)(NS(=O)(=O)c1cccc2c(N(C)C)cccc12)C(=O)OC. The third-order valence-electron chi connectivity index (χ3n) is 4.37. The summed E-state index contributed by atoms with van der Waals surface area (Å²) in [6.45, 7) is 0.315. The minimum atomic E-state index is -4.18. The molecule has 0 saturated heterocycles. The van der Waals surface area contributed by atoms with Gasteiger partial charge in [-0.2, -0.15) is 4.72 Å². The number of alkyl halides is 1. The summed E-state index contributed by atoms with van der Waals surface area (Å²) >= 11 is 0. The van der Waals surface area contributed by atoms with Gasteiger partial charge in [0.2, 0.25) is 10.0 Å². The maximum Gasteiger partial charge on any atom is 0.329 e. The number of rotatable bonds is 7. The molecule has 8 heteroatoms. The zero-order valence-electron chi connectivity index (χ0n) is 15.2. The van der Waals surface area contributed by atoms with Crippen LogP contribution in [-0.2, 0) is 19.6 Å². The quantitative estimate of drug-likeness (QED) is 0.745. The van der Waals surface area contributed by atoms with E-state index in [9.17, 15) is 17.6 Å². The molecule has 0 aliphatic heterocycles. The van der Waals surface area contributed by atoms with E-state index in [1.165, 1.54) is 13.0 Å². The summed E-state index contributed by atoms with van der Waals surface area (Å²) in [6, 6.07) is 10.2. The number of hydrogen-bond acceptors (Lipinski definition) is 5. The van der Waals surface area contributed by atoms with Crippen LogP contribution in [0.3, 0.4) is 0 Å². The zero-order valence-corrected chi connectivity index (χ0v) is 16.1. The molecule has 2 rings (SSSR count). The van der Waals surface area contributed by atoms with Crippen LogP contribution in [0.15, 0.2) is 41.3 Å². The number of benzene rings is 2. The Kier molecular flexibility index (Phi) is 5.87. The Labute approximate surface area is 153 Å². The lowest BCUT2D eigenvalue weighted by atomic mass is 10.0. The van der Waals surface area contributed by atoms with Crippen molar-refractivity contribution in [3.8, 4) is 0 Å². The van der Waals surface area contributed by atoms with E-state index >= 15 is 0 Å². The Morgan fingerprint density at radius 1 is 1.19 bits per heavy atom. The predicted molar refractivity (Wildman–Crippen MR) is 99.6 cm³/mol. The lowest BCUT2D eigenvalue weighted by molar-refractivity contribution is -0.148. The first-order valence-corrected chi connectivity index (χ1v) is 9.58. The third kappa shape index (κ3) is 3.52. The highest BCUT2D eigenvalue weighted by atomic mass is 32.2. The van der Waals surface area contributed by atoms with Gasteiger partial charge in [-0.05, 0) is 18.6 Å². The number of carbonyl (C=O) groups excluding carboxylic acids is 1. The Balaban J connectivity index is 2.63. The number of nitrogens with one attached hydrogen (secondary N) is 1. The van der Waals surface area contributed by atoms with Gasteiger partial charge in [0.15, 0.2) is 5.54 Å². The highest BCUT2D eigenvalue weighted by Gasteiger charge is 2.42. The summed E-state index contributed by atoms with van der Waals surface area (Å²) in [5.74, 6) is -0.958. The molecule has 0 aromatic heterocycles. The van der Waals surface area contributed by atoms with Crippen LogP contribution in [0, 0.1) is 0 Å².